The van der Waals surface area contributed by atoms with Crippen LogP contribution in [0.4, 0.5) is 5.69 Å². The minimum atomic E-state index is 0.415. The molecule has 130 valence electrons. The second kappa shape index (κ2) is 7.78. The quantitative estimate of drug-likeness (QED) is 0.508. The number of methoxy groups -OCH3 is 1. The number of anilines is 1. The fourth-order valence-electron chi connectivity index (χ4n) is 2.29. The van der Waals surface area contributed by atoms with Gasteiger partial charge in [0.1, 0.15) is 6.61 Å². The highest BCUT2D eigenvalue weighted by Gasteiger charge is 2.13. The average molecular weight is 378 g/mol. The van der Waals surface area contributed by atoms with E-state index in [4.69, 9.17) is 38.4 Å². The summed E-state index contributed by atoms with van der Waals surface area (Å²) >= 11 is 12.1. The molecule has 3 rings (SSSR count). The maximum atomic E-state index is 6.12. The number of ether oxygens (including phenoxy) is 2. The number of hydrogen-bond acceptors (Lipinski definition) is 4. The van der Waals surface area contributed by atoms with E-state index in [2.05, 4.69) is 5.10 Å². The first-order chi connectivity index (χ1) is 12.1. The first kappa shape index (κ1) is 17.6. The molecule has 0 aliphatic rings. The van der Waals surface area contributed by atoms with Gasteiger partial charge in [-0.1, -0.05) is 29.3 Å². The Balaban J connectivity index is 2.01. The van der Waals surface area contributed by atoms with Gasteiger partial charge in [0.2, 0.25) is 5.88 Å². The van der Waals surface area contributed by atoms with Crippen molar-refractivity contribution < 1.29 is 9.47 Å². The number of hydrogen-bond donors (Lipinski definition) is 1. The Morgan fingerprint density at radius 2 is 1.76 bits per heavy atom. The lowest BCUT2D eigenvalue weighted by Gasteiger charge is -2.08. The van der Waals surface area contributed by atoms with Crippen LogP contribution in [0.3, 0.4) is 0 Å². The van der Waals surface area contributed by atoms with E-state index in [0.29, 0.717) is 34.8 Å². The molecule has 5 nitrogen and oxygen atoms in total. The van der Waals surface area contributed by atoms with E-state index in [-0.39, 0.29) is 0 Å². The molecular weight excluding hydrogens is 361 g/mol. The number of nitrogen functional groups attached to an aromatic ring is 1. The SMILES string of the molecule is COCCOc1cc(-c2ccc(Cl)c(Cl)c2)nn1-c1ccc(N)cc1. The van der Waals surface area contributed by atoms with Crippen molar-refractivity contribution in [2.45, 2.75) is 0 Å². The van der Waals surface area contributed by atoms with Gasteiger partial charge in [-0.15, -0.1) is 0 Å². The van der Waals surface area contributed by atoms with Gasteiger partial charge in [-0.3, -0.25) is 0 Å². The van der Waals surface area contributed by atoms with Gasteiger partial charge >= 0.3 is 0 Å². The van der Waals surface area contributed by atoms with Gasteiger partial charge in [-0.2, -0.15) is 5.10 Å². The molecule has 0 spiro atoms. The molecule has 3 aromatic rings. The average Bonchev–Trinajstić information content (AvgIpc) is 3.02. The number of rotatable bonds is 6. The molecule has 0 fully saturated rings. The fraction of sp³-hybridized carbons (Fsp3) is 0.167. The second-order valence-corrected chi connectivity index (χ2v) is 6.16. The van der Waals surface area contributed by atoms with Crippen molar-refractivity contribution in [3.8, 4) is 22.8 Å². The van der Waals surface area contributed by atoms with E-state index >= 15 is 0 Å². The molecular formula is C18H17Cl2N3O2. The molecule has 25 heavy (non-hydrogen) atoms. The van der Waals surface area contributed by atoms with Crippen LogP contribution in [0, 0.1) is 0 Å². The van der Waals surface area contributed by atoms with E-state index in [1.807, 2.05) is 36.4 Å². The molecule has 2 aromatic carbocycles. The second-order valence-electron chi connectivity index (χ2n) is 5.34. The van der Waals surface area contributed by atoms with E-state index in [1.165, 1.54) is 0 Å². The van der Waals surface area contributed by atoms with Gasteiger partial charge in [0.25, 0.3) is 0 Å². The predicted octanol–water partition coefficient (Wildman–Crippen LogP) is 4.45. The van der Waals surface area contributed by atoms with Crippen LogP contribution < -0.4 is 10.5 Å². The maximum Gasteiger partial charge on any atom is 0.217 e. The van der Waals surface area contributed by atoms with Crippen LogP contribution in [0.1, 0.15) is 0 Å². The molecule has 0 bridgehead atoms. The number of benzene rings is 2. The lowest BCUT2D eigenvalue weighted by molar-refractivity contribution is 0.142. The highest BCUT2D eigenvalue weighted by molar-refractivity contribution is 6.42. The standard InChI is InChI=1S/C18H17Cl2N3O2/c1-24-8-9-25-18-11-17(12-2-7-15(19)16(20)10-12)22-23(18)14-5-3-13(21)4-6-14/h2-7,10-11H,8-9,21H2,1H3. The highest BCUT2D eigenvalue weighted by atomic mass is 35.5. The first-order valence-corrected chi connectivity index (χ1v) is 8.37. The smallest absolute Gasteiger partial charge is 0.217 e. The zero-order valence-electron chi connectivity index (χ0n) is 13.6. The number of aromatic nitrogens is 2. The highest BCUT2D eigenvalue weighted by Crippen LogP contribution is 2.31. The summed E-state index contributed by atoms with van der Waals surface area (Å²) in [6, 6.07) is 14.6. The van der Waals surface area contributed by atoms with Crippen molar-refractivity contribution in [3.05, 3.63) is 58.6 Å². The van der Waals surface area contributed by atoms with Crippen molar-refractivity contribution in [3.63, 3.8) is 0 Å². The third-order valence-electron chi connectivity index (χ3n) is 3.57. The Morgan fingerprint density at radius 1 is 1.00 bits per heavy atom. The van der Waals surface area contributed by atoms with Crippen LogP contribution in [0.5, 0.6) is 5.88 Å². The lowest BCUT2D eigenvalue weighted by Crippen LogP contribution is -2.08. The lowest BCUT2D eigenvalue weighted by atomic mass is 10.1. The Bertz CT molecular complexity index is 863. The number of nitrogens with two attached hydrogens (primary N) is 1. The minimum Gasteiger partial charge on any atom is -0.475 e. The Labute approximate surface area is 155 Å². The van der Waals surface area contributed by atoms with Gasteiger partial charge < -0.3 is 15.2 Å². The largest absolute Gasteiger partial charge is 0.475 e. The first-order valence-electron chi connectivity index (χ1n) is 7.61. The summed E-state index contributed by atoms with van der Waals surface area (Å²) in [5.74, 6) is 0.600. The number of nitrogens with zero attached hydrogens (tertiary/aromatic N) is 2. The van der Waals surface area contributed by atoms with Crippen LogP contribution in [-0.2, 0) is 4.74 Å². The summed E-state index contributed by atoms with van der Waals surface area (Å²) in [6.07, 6.45) is 0. The van der Waals surface area contributed by atoms with Crippen LogP contribution in [0.25, 0.3) is 16.9 Å². The summed E-state index contributed by atoms with van der Waals surface area (Å²) in [7, 11) is 1.63. The van der Waals surface area contributed by atoms with Crippen LogP contribution in [0.2, 0.25) is 10.0 Å². The molecule has 1 heterocycles. The molecule has 0 aliphatic heterocycles. The monoisotopic (exact) mass is 377 g/mol. The zero-order valence-corrected chi connectivity index (χ0v) is 15.1. The molecule has 0 amide bonds. The molecule has 0 aliphatic carbocycles. The van der Waals surface area contributed by atoms with E-state index in [9.17, 15) is 0 Å². The molecule has 7 heteroatoms. The molecule has 0 saturated heterocycles. The predicted molar refractivity (Wildman–Crippen MR) is 101 cm³/mol. The summed E-state index contributed by atoms with van der Waals surface area (Å²) < 4.78 is 12.6. The fourth-order valence-corrected chi connectivity index (χ4v) is 2.59. The van der Waals surface area contributed by atoms with Gasteiger partial charge in [-0.05, 0) is 36.4 Å². The van der Waals surface area contributed by atoms with E-state index in [0.717, 1.165) is 16.9 Å². The topological polar surface area (TPSA) is 62.3 Å². The molecule has 0 saturated carbocycles. The van der Waals surface area contributed by atoms with E-state index < -0.39 is 0 Å². The molecule has 0 unspecified atom stereocenters. The Hall–Kier alpha value is -2.21. The number of halogens is 2. The van der Waals surface area contributed by atoms with Crippen molar-refractivity contribution in [2.24, 2.45) is 0 Å². The van der Waals surface area contributed by atoms with Crippen molar-refractivity contribution in [2.75, 3.05) is 26.1 Å². The van der Waals surface area contributed by atoms with Gasteiger partial charge in [-0.25, -0.2) is 4.68 Å². The Kier molecular flexibility index (Phi) is 5.48. The molecule has 2 N–H and O–H groups in total. The van der Waals surface area contributed by atoms with Gasteiger partial charge in [0.05, 0.1) is 28.0 Å². The maximum absolute atomic E-state index is 6.12. The van der Waals surface area contributed by atoms with Crippen molar-refractivity contribution in [1.29, 1.82) is 0 Å². The van der Waals surface area contributed by atoms with Crippen LogP contribution in [-0.4, -0.2) is 30.1 Å². The van der Waals surface area contributed by atoms with Gasteiger partial charge in [0, 0.05) is 24.4 Å². The van der Waals surface area contributed by atoms with Crippen LogP contribution in [0.15, 0.2) is 48.5 Å². The third-order valence-corrected chi connectivity index (χ3v) is 4.31. The van der Waals surface area contributed by atoms with E-state index in [1.54, 1.807) is 23.9 Å². The molecule has 1 aromatic heterocycles. The third kappa shape index (κ3) is 4.07. The summed E-state index contributed by atoms with van der Waals surface area (Å²) in [5, 5.41) is 5.61. The molecule has 0 atom stereocenters. The summed E-state index contributed by atoms with van der Waals surface area (Å²) in [6.45, 7) is 0.896. The minimum absolute atomic E-state index is 0.415. The zero-order chi connectivity index (χ0) is 17.8. The summed E-state index contributed by atoms with van der Waals surface area (Å²) in [4.78, 5) is 0. The Morgan fingerprint density at radius 3 is 2.44 bits per heavy atom. The molecule has 0 radical (unpaired) electrons. The summed E-state index contributed by atoms with van der Waals surface area (Å²) in [5.41, 5.74) is 8.86. The normalized spacial score (nSPS) is 10.8. The van der Waals surface area contributed by atoms with Crippen LogP contribution >= 0.6 is 23.2 Å². The van der Waals surface area contributed by atoms with Gasteiger partial charge in [0.15, 0.2) is 0 Å². The van der Waals surface area contributed by atoms with Crippen molar-refractivity contribution >= 4 is 28.9 Å². The van der Waals surface area contributed by atoms with Crippen molar-refractivity contribution in [1.82, 2.24) is 9.78 Å².